The van der Waals surface area contributed by atoms with Gasteiger partial charge < -0.3 is 4.57 Å². The molecular weight excluding hydrogens is 326 g/mol. The number of hydrogen-bond acceptors (Lipinski definition) is 7. The van der Waals surface area contributed by atoms with Crippen molar-refractivity contribution in [3.63, 3.8) is 0 Å². The molecule has 1 aliphatic rings. The first kappa shape index (κ1) is 17.0. The standard InChI is InChI=1S/C15H23N7OS/c1-11-8-21(10-14(23)17-15-19-18-12(2)24-15)6-7-22(11)9-13-16-4-5-20(13)3/h4-5,11H,6-10H2,1-3H3,(H,17,19,23)/t11-/m1/s1. The largest absolute Gasteiger partial charge is 0.337 e. The third-order valence-electron chi connectivity index (χ3n) is 4.25. The molecule has 0 bridgehead atoms. The summed E-state index contributed by atoms with van der Waals surface area (Å²) >= 11 is 1.39. The highest BCUT2D eigenvalue weighted by atomic mass is 32.1. The van der Waals surface area contributed by atoms with Crippen molar-refractivity contribution in [3.05, 3.63) is 23.2 Å². The van der Waals surface area contributed by atoms with Crippen LogP contribution in [0.1, 0.15) is 17.8 Å². The molecular formula is C15H23N7OS. The van der Waals surface area contributed by atoms with Crippen molar-refractivity contribution in [2.45, 2.75) is 26.4 Å². The van der Waals surface area contributed by atoms with Gasteiger partial charge in [0.25, 0.3) is 0 Å². The summed E-state index contributed by atoms with van der Waals surface area (Å²) in [5, 5.41) is 12.1. The smallest absolute Gasteiger partial charge is 0.240 e. The zero-order valence-electron chi connectivity index (χ0n) is 14.3. The van der Waals surface area contributed by atoms with E-state index in [1.165, 1.54) is 11.3 Å². The molecule has 3 heterocycles. The van der Waals surface area contributed by atoms with Gasteiger partial charge in [0.05, 0.1) is 13.1 Å². The molecule has 0 radical (unpaired) electrons. The normalized spacial score (nSPS) is 19.5. The Bertz CT molecular complexity index is 698. The second kappa shape index (κ2) is 7.37. The lowest BCUT2D eigenvalue weighted by molar-refractivity contribution is -0.118. The molecule has 9 heteroatoms. The van der Waals surface area contributed by atoms with Crippen LogP contribution < -0.4 is 5.32 Å². The molecule has 1 amide bonds. The lowest BCUT2D eigenvalue weighted by Crippen LogP contribution is -2.53. The van der Waals surface area contributed by atoms with Gasteiger partial charge in [-0.2, -0.15) is 0 Å². The molecule has 1 saturated heterocycles. The molecule has 8 nitrogen and oxygen atoms in total. The van der Waals surface area contributed by atoms with Crippen molar-refractivity contribution in [3.8, 4) is 0 Å². The molecule has 2 aromatic rings. The Hall–Kier alpha value is -1.84. The zero-order chi connectivity index (χ0) is 17.1. The monoisotopic (exact) mass is 349 g/mol. The Balaban J connectivity index is 1.48. The Morgan fingerprint density at radius 3 is 2.88 bits per heavy atom. The molecule has 1 aliphatic heterocycles. The summed E-state index contributed by atoms with van der Waals surface area (Å²) in [5.41, 5.74) is 0. The van der Waals surface area contributed by atoms with Crippen LogP contribution in [-0.4, -0.2) is 67.7 Å². The second-order valence-corrected chi connectivity index (χ2v) is 7.37. The summed E-state index contributed by atoms with van der Waals surface area (Å²) < 4.78 is 2.05. The van der Waals surface area contributed by atoms with Gasteiger partial charge in [-0.1, -0.05) is 11.3 Å². The number of aromatic nitrogens is 4. The topological polar surface area (TPSA) is 79.2 Å². The van der Waals surface area contributed by atoms with E-state index in [0.29, 0.717) is 17.7 Å². The number of piperazine rings is 1. The van der Waals surface area contributed by atoms with Gasteiger partial charge in [-0.05, 0) is 13.8 Å². The highest BCUT2D eigenvalue weighted by Crippen LogP contribution is 2.15. The fourth-order valence-electron chi connectivity index (χ4n) is 2.89. The molecule has 24 heavy (non-hydrogen) atoms. The molecule has 0 saturated carbocycles. The van der Waals surface area contributed by atoms with Crippen molar-refractivity contribution < 1.29 is 4.79 Å². The third kappa shape index (κ3) is 4.16. The molecule has 1 atom stereocenters. The predicted octanol–water partition coefficient (Wildman–Crippen LogP) is 0.725. The number of nitrogens with one attached hydrogen (secondary N) is 1. The Morgan fingerprint density at radius 2 is 2.25 bits per heavy atom. The SMILES string of the molecule is Cc1nnc(NC(=O)CN2CCN(Cc3nccn3C)[C@H](C)C2)s1. The molecule has 0 unspecified atom stereocenters. The van der Waals surface area contributed by atoms with Crippen LogP contribution in [0.3, 0.4) is 0 Å². The van der Waals surface area contributed by atoms with Crippen LogP contribution in [0.2, 0.25) is 0 Å². The minimum Gasteiger partial charge on any atom is -0.337 e. The zero-order valence-corrected chi connectivity index (χ0v) is 15.1. The third-order valence-corrected chi connectivity index (χ3v) is 5.01. The second-order valence-electron chi connectivity index (χ2n) is 6.18. The van der Waals surface area contributed by atoms with E-state index in [1.54, 1.807) is 0 Å². The van der Waals surface area contributed by atoms with Gasteiger partial charge in [-0.15, -0.1) is 10.2 Å². The van der Waals surface area contributed by atoms with Crippen LogP contribution in [-0.2, 0) is 18.4 Å². The predicted molar refractivity (Wildman–Crippen MR) is 92.8 cm³/mol. The highest BCUT2D eigenvalue weighted by Gasteiger charge is 2.25. The summed E-state index contributed by atoms with van der Waals surface area (Å²) in [4.78, 5) is 21.1. The molecule has 1 fully saturated rings. The van der Waals surface area contributed by atoms with Crippen LogP contribution in [0, 0.1) is 6.92 Å². The van der Waals surface area contributed by atoms with E-state index in [0.717, 1.165) is 37.0 Å². The molecule has 0 aromatic carbocycles. The van der Waals surface area contributed by atoms with Gasteiger partial charge in [0.2, 0.25) is 11.0 Å². The number of imidazole rings is 1. The van der Waals surface area contributed by atoms with Gasteiger partial charge >= 0.3 is 0 Å². The number of carbonyl (C=O) groups is 1. The molecule has 0 spiro atoms. The minimum atomic E-state index is -0.0316. The first-order valence-electron chi connectivity index (χ1n) is 8.04. The number of rotatable bonds is 5. The summed E-state index contributed by atoms with van der Waals surface area (Å²) in [7, 11) is 2.02. The molecule has 2 aromatic heterocycles. The van der Waals surface area contributed by atoms with Crippen molar-refractivity contribution >= 4 is 22.4 Å². The van der Waals surface area contributed by atoms with Crippen LogP contribution >= 0.6 is 11.3 Å². The van der Waals surface area contributed by atoms with Crippen molar-refractivity contribution in [1.82, 2.24) is 29.5 Å². The van der Waals surface area contributed by atoms with Crippen molar-refractivity contribution in [2.24, 2.45) is 7.05 Å². The fraction of sp³-hybridized carbons (Fsp3) is 0.600. The number of hydrogen-bond donors (Lipinski definition) is 1. The van der Waals surface area contributed by atoms with E-state index in [-0.39, 0.29) is 5.91 Å². The summed E-state index contributed by atoms with van der Waals surface area (Å²) in [6.45, 7) is 7.97. The van der Waals surface area contributed by atoms with E-state index >= 15 is 0 Å². The van der Waals surface area contributed by atoms with Crippen molar-refractivity contribution in [2.75, 3.05) is 31.5 Å². The van der Waals surface area contributed by atoms with Crippen molar-refractivity contribution in [1.29, 1.82) is 0 Å². The van der Waals surface area contributed by atoms with Crippen LogP contribution in [0.25, 0.3) is 0 Å². The quantitative estimate of drug-likeness (QED) is 0.857. The lowest BCUT2D eigenvalue weighted by Gasteiger charge is -2.39. The molecule has 0 aliphatic carbocycles. The Kier molecular flexibility index (Phi) is 5.22. The molecule has 3 rings (SSSR count). The van der Waals surface area contributed by atoms with E-state index < -0.39 is 0 Å². The average molecular weight is 349 g/mol. The van der Waals surface area contributed by atoms with Gasteiger partial charge in [0.15, 0.2) is 0 Å². The number of nitrogens with zero attached hydrogens (tertiary/aromatic N) is 6. The number of anilines is 1. The van der Waals surface area contributed by atoms with Gasteiger partial charge in [-0.3, -0.25) is 19.9 Å². The molecule has 1 N–H and O–H groups in total. The maximum absolute atomic E-state index is 12.1. The van der Waals surface area contributed by atoms with Crippen LogP contribution in [0.4, 0.5) is 5.13 Å². The number of carbonyl (C=O) groups excluding carboxylic acids is 1. The van der Waals surface area contributed by atoms with E-state index in [2.05, 4.69) is 41.8 Å². The van der Waals surface area contributed by atoms with Gasteiger partial charge in [0.1, 0.15) is 10.8 Å². The number of amides is 1. The highest BCUT2D eigenvalue weighted by molar-refractivity contribution is 7.15. The first-order chi connectivity index (χ1) is 11.5. The minimum absolute atomic E-state index is 0.0316. The van der Waals surface area contributed by atoms with E-state index in [1.807, 2.05) is 26.4 Å². The number of aryl methyl sites for hydroxylation is 2. The Morgan fingerprint density at radius 1 is 1.42 bits per heavy atom. The summed E-state index contributed by atoms with van der Waals surface area (Å²) in [6.07, 6.45) is 3.80. The maximum Gasteiger partial charge on any atom is 0.240 e. The summed E-state index contributed by atoms with van der Waals surface area (Å²) in [5.74, 6) is 1.04. The molecule has 130 valence electrons. The van der Waals surface area contributed by atoms with E-state index in [4.69, 9.17) is 0 Å². The summed E-state index contributed by atoms with van der Waals surface area (Å²) in [6, 6.07) is 0.382. The van der Waals surface area contributed by atoms with Crippen LogP contribution in [0.15, 0.2) is 12.4 Å². The Labute approximate surface area is 145 Å². The first-order valence-corrected chi connectivity index (χ1v) is 8.85. The average Bonchev–Trinajstić information content (AvgIpc) is 3.11. The lowest BCUT2D eigenvalue weighted by atomic mass is 10.2. The van der Waals surface area contributed by atoms with Gasteiger partial charge in [0, 0.05) is 45.1 Å². The van der Waals surface area contributed by atoms with E-state index in [9.17, 15) is 4.79 Å². The van der Waals surface area contributed by atoms with Gasteiger partial charge in [-0.25, -0.2) is 4.98 Å². The fourth-order valence-corrected chi connectivity index (χ4v) is 3.50. The van der Waals surface area contributed by atoms with Crippen LogP contribution in [0.5, 0.6) is 0 Å². The maximum atomic E-state index is 12.1.